The molecule has 196 valence electrons. The van der Waals surface area contributed by atoms with Gasteiger partial charge in [-0.3, -0.25) is 9.59 Å². The lowest BCUT2D eigenvalue weighted by Crippen LogP contribution is -2.52. The third-order valence-corrected chi connectivity index (χ3v) is 6.67. The van der Waals surface area contributed by atoms with Crippen LogP contribution in [0.5, 0.6) is 5.75 Å². The molecule has 0 heterocycles. The summed E-state index contributed by atoms with van der Waals surface area (Å²) in [6.07, 6.45) is 0.356. The summed E-state index contributed by atoms with van der Waals surface area (Å²) in [5, 5.41) is 3.80. The van der Waals surface area contributed by atoms with Crippen molar-refractivity contribution in [2.24, 2.45) is 0 Å². The number of carbonyl (C=O) groups is 2. The van der Waals surface area contributed by atoms with E-state index in [0.717, 1.165) is 16.7 Å². The zero-order chi connectivity index (χ0) is 26.9. The number of rotatable bonds is 11. The third-order valence-electron chi connectivity index (χ3n) is 5.93. The SMILES string of the molecule is CC(C)NC(=O)C(Cc1ccccc1)N(Cc1ccc(Cl)c(Cl)c1)C(=O)COc1ccccc1C(C)C. The van der Waals surface area contributed by atoms with Crippen molar-refractivity contribution >= 4 is 35.0 Å². The van der Waals surface area contributed by atoms with Gasteiger partial charge in [-0.05, 0) is 54.7 Å². The van der Waals surface area contributed by atoms with Crippen molar-refractivity contribution in [1.29, 1.82) is 0 Å². The largest absolute Gasteiger partial charge is 0.483 e. The Bertz CT molecular complexity index is 1200. The Kier molecular flexibility index (Phi) is 10.4. The lowest BCUT2D eigenvalue weighted by atomic mass is 10.0. The minimum absolute atomic E-state index is 0.0816. The number of amides is 2. The first kappa shape index (κ1) is 28.5. The van der Waals surface area contributed by atoms with Gasteiger partial charge >= 0.3 is 0 Å². The Morgan fingerprint density at radius 1 is 0.865 bits per heavy atom. The molecule has 0 fully saturated rings. The van der Waals surface area contributed by atoms with E-state index in [4.69, 9.17) is 27.9 Å². The quantitative estimate of drug-likeness (QED) is 0.295. The maximum absolute atomic E-state index is 13.7. The van der Waals surface area contributed by atoms with Crippen LogP contribution in [-0.2, 0) is 22.6 Å². The van der Waals surface area contributed by atoms with E-state index in [2.05, 4.69) is 19.2 Å². The molecule has 3 rings (SSSR count). The van der Waals surface area contributed by atoms with Gasteiger partial charge in [0.1, 0.15) is 11.8 Å². The Balaban J connectivity index is 1.95. The van der Waals surface area contributed by atoms with Gasteiger partial charge in [-0.2, -0.15) is 0 Å². The van der Waals surface area contributed by atoms with Crippen LogP contribution in [0.15, 0.2) is 72.8 Å². The molecule has 0 aliphatic rings. The van der Waals surface area contributed by atoms with Crippen molar-refractivity contribution < 1.29 is 14.3 Å². The minimum Gasteiger partial charge on any atom is -0.483 e. The molecule has 0 bridgehead atoms. The highest BCUT2D eigenvalue weighted by molar-refractivity contribution is 6.42. The van der Waals surface area contributed by atoms with Crippen LogP contribution in [0.4, 0.5) is 0 Å². The summed E-state index contributed by atoms with van der Waals surface area (Å²) in [6, 6.07) is 21.7. The summed E-state index contributed by atoms with van der Waals surface area (Å²) in [5.41, 5.74) is 2.73. The van der Waals surface area contributed by atoms with Crippen LogP contribution in [0.25, 0.3) is 0 Å². The summed E-state index contributed by atoms with van der Waals surface area (Å²) in [6.45, 7) is 7.92. The number of para-hydroxylation sites is 1. The van der Waals surface area contributed by atoms with Gasteiger partial charge in [0.15, 0.2) is 6.61 Å². The predicted octanol–water partition coefficient (Wildman–Crippen LogP) is 6.66. The highest BCUT2D eigenvalue weighted by Gasteiger charge is 2.31. The molecular weight excluding hydrogens is 507 g/mol. The number of halogens is 2. The van der Waals surface area contributed by atoms with Gasteiger partial charge in [0.25, 0.3) is 5.91 Å². The molecular formula is C30H34Cl2N2O3. The molecule has 2 amide bonds. The zero-order valence-corrected chi connectivity index (χ0v) is 23.2. The van der Waals surface area contributed by atoms with Gasteiger partial charge in [0.05, 0.1) is 10.0 Å². The molecule has 5 nitrogen and oxygen atoms in total. The molecule has 3 aromatic rings. The van der Waals surface area contributed by atoms with Crippen LogP contribution >= 0.6 is 23.2 Å². The van der Waals surface area contributed by atoms with Crippen LogP contribution in [0, 0.1) is 0 Å². The van der Waals surface area contributed by atoms with Crippen LogP contribution in [-0.4, -0.2) is 35.4 Å². The van der Waals surface area contributed by atoms with Gasteiger partial charge in [-0.1, -0.05) is 91.6 Å². The van der Waals surface area contributed by atoms with E-state index >= 15 is 0 Å². The van der Waals surface area contributed by atoms with E-state index in [1.165, 1.54) is 0 Å². The second-order valence-corrected chi connectivity index (χ2v) is 10.4. The van der Waals surface area contributed by atoms with Gasteiger partial charge in [0, 0.05) is 19.0 Å². The monoisotopic (exact) mass is 540 g/mol. The van der Waals surface area contributed by atoms with Crippen molar-refractivity contribution in [2.75, 3.05) is 6.61 Å². The number of benzene rings is 3. The molecule has 1 unspecified atom stereocenters. The molecule has 3 aromatic carbocycles. The lowest BCUT2D eigenvalue weighted by Gasteiger charge is -2.32. The molecule has 0 aromatic heterocycles. The molecule has 0 radical (unpaired) electrons. The molecule has 7 heteroatoms. The van der Waals surface area contributed by atoms with E-state index in [-0.39, 0.29) is 36.9 Å². The van der Waals surface area contributed by atoms with Gasteiger partial charge < -0.3 is 15.0 Å². The maximum atomic E-state index is 13.7. The van der Waals surface area contributed by atoms with Gasteiger partial charge in [-0.25, -0.2) is 0 Å². The van der Waals surface area contributed by atoms with E-state index in [9.17, 15) is 9.59 Å². The Hall–Kier alpha value is -3.02. The van der Waals surface area contributed by atoms with Crippen LogP contribution in [0.3, 0.4) is 0 Å². The highest BCUT2D eigenvalue weighted by atomic mass is 35.5. The van der Waals surface area contributed by atoms with Gasteiger partial charge in [0.2, 0.25) is 5.91 Å². The van der Waals surface area contributed by atoms with E-state index in [0.29, 0.717) is 22.2 Å². The molecule has 0 aliphatic heterocycles. The average molecular weight is 542 g/mol. The number of ether oxygens (including phenoxy) is 1. The van der Waals surface area contributed by atoms with Crippen molar-refractivity contribution in [3.63, 3.8) is 0 Å². The average Bonchev–Trinajstić information content (AvgIpc) is 2.87. The Labute approximate surface area is 229 Å². The second-order valence-electron chi connectivity index (χ2n) is 9.62. The van der Waals surface area contributed by atoms with E-state index < -0.39 is 6.04 Å². The standard InChI is InChI=1S/C30H34Cl2N2O3/c1-20(2)24-12-8-9-13-28(24)37-19-29(35)34(18-23-14-15-25(31)26(32)16-23)27(30(36)33-21(3)4)17-22-10-6-5-7-11-22/h5-16,20-21,27H,17-19H2,1-4H3,(H,33,36). The Morgan fingerprint density at radius 2 is 1.54 bits per heavy atom. The van der Waals surface area contributed by atoms with Crippen LogP contribution < -0.4 is 10.1 Å². The lowest BCUT2D eigenvalue weighted by molar-refractivity contribution is -0.143. The topological polar surface area (TPSA) is 58.6 Å². The molecule has 0 saturated heterocycles. The maximum Gasteiger partial charge on any atom is 0.261 e. The second kappa shape index (κ2) is 13.5. The fourth-order valence-corrected chi connectivity index (χ4v) is 4.40. The number of nitrogens with one attached hydrogen (secondary N) is 1. The minimum atomic E-state index is -0.754. The number of nitrogens with zero attached hydrogens (tertiary/aromatic N) is 1. The van der Waals surface area contributed by atoms with E-state index in [1.54, 1.807) is 17.0 Å². The number of carbonyl (C=O) groups excluding carboxylic acids is 2. The van der Waals surface area contributed by atoms with Crippen molar-refractivity contribution in [3.8, 4) is 5.75 Å². The van der Waals surface area contributed by atoms with Crippen LogP contribution in [0.1, 0.15) is 50.3 Å². The smallest absolute Gasteiger partial charge is 0.261 e. The van der Waals surface area contributed by atoms with Crippen LogP contribution in [0.2, 0.25) is 10.0 Å². The summed E-state index contributed by atoms with van der Waals surface area (Å²) < 4.78 is 6.01. The fraction of sp³-hybridized carbons (Fsp3) is 0.333. The number of hydrogen-bond acceptors (Lipinski definition) is 3. The molecule has 37 heavy (non-hydrogen) atoms. The highest BCUT2D eigenvalue weighted by Crippen LogP contribution is 2.27. The first-order valence-electron chi connectivity index (χ1n) is 12.4. The Morgan fingerprint density at radius 3 is 2.19 bits per heavy atom. The third kappa shape index (κ3) is 8.24. The van der Waals surface area contributed by atoms with Crippen molar-refractivity contribution in [3.05, 3.63) is 99.5 Å². The summed E-state index contributed by atoms with van der Waals surface area (Å²) in [5.74, 6) is 0.368. The molecule has 0 spiro atoms. The normalized spacial score (nSPS) is 11.9. The molecule has 1 N–H and O–H groups in total. The fourth-order valence-electron chi connectivity index (χ4n) is 4.08. The summed E-state index contributed by atoms with van der Waals surface area (Å²) in [4.78, 5) is 28.7. The predicted molar refractivity (Wildman–Crippen MR) is 150 cm³/mol. The molecule has 0 aliphatic carbocycles. The number of hydrogen-bond donors (Lipinski definition) is 1. The molecule has 0 saturated carbocycles. The van der Waals surface area contributed by atoms with Gasteiger partial charge in [-0.15, -0.1) is 0 Å². The van der Waals surface area contributed by atoms with Crippen molar-refractivity contribution in [2.45, 2.75) is 58.7 Å². The first-order chi connectivity index (χ1) is 17.7. The zero-order valence-electron chi connectivity index (χ0n) is 21.7. The van der Waals surface area contributed by atoms with E-state index in [1.807, 2.05) is 74.5 Å². The molecule has 1 atom stereocenters. The first-order valence-corrected chi connectivity index (χ1v) is 13.2. The van der Waals surface area contributed by atoms with Crippen molar-refractivity contribution in [1.82, 2.24) is 10.2 Å². The summed E-state index contributed by atoms with van der Waals surface area (Å²) >= 11 is 12.4. The summed E-state index contributed by atoms with van der Waals surface area (Å²) in [7, 11) is 0.